The monoisotopic (exact) mass is 468 g/mol. The lowest BCUT2D eigenvalue weighted by Gasteiger charge is -2.35. The maximum absolute atomic E-state index is 12.1. The van der Waals surface area contributed by atoms with E-state index in [0.29, 0.717) is 11.1 Å². The van der Waals surface area contributed by atoms with Crippen LogP contribution in [-0.4, -0.2) is 65.5 Å². The third-order valence-electron chi connectivity index (χ3n) is 6.48. The summed E-state index contributed by atoms with van der Waals surface area (Å²) in [6, 6.07) is 5.66. The largest absolute Gasteiger partial charge is 0.507 e. The number of Topliss-reactive ketones (excluding diaryl/α,β-unsaturated/α-hetero) is 1. The molecule has 1 N–H and O–H groups in total. The molecule has 0 saturated heterocycles. The molecule has 6 heteroatoms. The zero-order chi connectivity index (χ0) is 25.9. The number of nitrogens with zero attached hydrogens (tertiary/aromatic N) is 4. The molecule has 6 nitrogen and oxygen atoms in total. The number of allylic oxidation sites excluding steroid dienone is 3. The first kappa shape index (κ1) is 29.1. The second kappa shape index (κ2) is 13.1. The van der Waals surface area contributed by atoms with Crippen LogP contribution in [0.3, 0.4) is 0 Å². The van der Waals surface area contributed by atoms with Crippen molar-refractivity contribution in [2.75, 3.05) is 31.1 Å². The van der Waals surface area contributed by atoms with E-state index < -0.39 is 11.1 Å². The van der Waals surface area contributed by atoms with Crippen LogP contribution in [0.4, 0.5) is 5.69 Å². The van der Waals surface area contributed by atoms with Gasteiger partial charge in [-0.25, -0.2) is 0 Å². The third-order valence-corrected chi connectivity index (χ3v) is 6.48. The Bertz CT molecular complexity index is 918. The molecule has 1 aromatic carbocycles. The Morgan fingerprint density at radius 2 is 1.56 bits per heavy atom. The summed E-state index contributed by atoms with van der Waals surface area (Å²) in [5.41, 5.74) is 1.03. The van der Waals surface area contributed by atoms with Crippen molar-refractivity contribution < 1.29 is 9.90 Å². The molecule has 188 valence electrons. The normalized spacial score (nSPS) is 13.4. The number of carbonyl (C=O) groups is 1. The molecule has 0 heterocycles. The highest BCUT2D eigenvalue weighted by atomic mass is 16.3. The summed E-state index contributed by atoms with van der Waals surface area (Å²) >= 11 is 0. The Labute approximate surface area is 206 Å². The molecular weight excluding hydrogens is 424 g/mol. The van der Waals surface area contributed by atoms with Gasteiger partial charge in [-0.3, -0.25) is 14.8 Å². The van der Waals surface area contributed by atoms with E-state index in [1.54, 1.807) is 31.5 Å². The number of aromatic hydroxyl groups is 1. The van der Waals surface area contributed by atoms with Crippen molar-refractivity contribution in [2.45, 2.75) is 73.4 Å². The zero-order valence-electron chi connectivity index (χ0n) is 22.6. The van der Waals surface area contributed by atoms with Gasteiger partial charge in [-0.1, -0.05) is 0 Å². The second-order valence-corrected chi connectivity index (χ2v) is 9.29. The van der Waals surface area contributed by atoms with Gasteiger partial charge < -0.3 is 14.9 Å². The van der Waals surface area contributed by atoms with Gasteiger partial charge in [0.15, 0.2) is 5.78 Å². The lowest BCUT2D eigenvalue weighted by Crippen LogP contribution is -2.42. The zero-order valence-corrected chi connectivity index (χ0v) is 22.6. The molecule has 1 aromatic rings. The lowest BCUT2D eigenvalue weighted by atomic mass is 9.83. The molecule has 0 aliphatic carbocycles. The highest BCUT2D eigenvalue weighted by Crippen LogP contribution is 2.30. The maximum atomic E-state index is 12.1. The molecule has 0 fully saturated rings. The minimum Gasteiger partial charge on any atom is -0.507 e. The van der Waals surface area contributed by atoms with E-state index in [-0.39, 0.29) is 11.5 Å². The van der Waals surface area contributed by atoms with E-state index >= 15 is 0 Å². The number of anilines is 1. The number of ketones is 1. The van der Waals surface area contributed by atoms with E-state index in [1.165, 1.54) is 0 Å². The summed E-state index contributed by atoms with van der Waals surface area (Å²) < 4.78 is 0. The summed E-state index contributed by atoms with van der Waals surface area (Å²) in [5, 5.41) is 10.5. The van der Waals surface area contributed by atoms with Gasteiger partial charge in [0.05, 0.1) is 11.1 Å². The van der Waals surface area contributed by atoms with Gasteiger partial charge in [-0.2, -0.15) is 0 Å². The second-order valence-electron chi connectivity index (χ2n) is 9.29. The molecule has 0 bridgehead atoms. The van der Waals surface area contributed by atoms with Gasteiger partial charge in [0.1, 0.15) is 5.75 Å². The first-order valence-electron chi connectivity index (χ1n) is 12.2. The van der Waals surface area contributed by atoms with Crippen LogP contribution in [0.2, 0.25) is 0 Å². The number of hydrogen-bond donors (Lipinski definition) is 1. The number of hydrogen-bond acceptors (Lipinski definition) is 6. The molecule has 0 radical (unpaired) electrons. The molecule has 0 aromatic heterocycles. The summed E-state index contributed by atoms with van der Waals surface area (Å²) in [5.74, 6) is 0.162. The Morgan fingerprint density at radius 3 is 2.06 bits per heavy atom. The fourth-order valence-corrected chi connectivity index (χ4v) is 3.16. The summed E-state index contributed by atoms with van der Waals surface area (Å²) in [6.07, 6.45) is 9.01. The van der Waals surface area contributed by atoms with Crippen molar-refractivity contribution in [3.05, 3.63) is 47.7 Å². The molecule has 0 spiro atoms. The Morgan fingerprint density at radius 1 is 0.971 bits per heavy atom. The quantitative estimate of drug-likeness (QED) is 0.230. The van der Waals surface area contributed by atoms with E-state index in [1.807, 2.05) is 52.1 Å². The van der Waals surface area contributed by atoms with Gasteiger partial charge in [-0.15, -0.1) is 0 Å². The minimum absolute atomic E-state index is 0.0386. The highest BCUT2D eigenvalue weighted by Gasteiger charge is 2.36. The van der Waals surface area contributed by atoms with Crippen LogP contribution in [0.25, 0.3) is 0 Å². The number of aliphatic imine (C=N–C) groups is 2. The van der Waals surface area contributed by atoms with E-state index in [9.17, 15) is 9.90 Å². The SMILES string of the molecule is CCN(C=CC=C(C=NC(C)(C)C(C)(C)N=Cc1ccc(N(CC)CC)cc1O)C(C)=O)CC. The van der Waals surface area contributed by atoms with E-state index in [2.05, 4.69) is 37.5 Å². The first-order valence-corrected chi connectivity index (χ1v) is 12.2. The molecule has 0 saturated carbocycles. The van der Waals surface area contributed by atoms with Crippen molar-refractivity contribution in [3.8, 4) is 5.75 Å². The molecule has 0 aliphatic heterocycles. The number of phenolic OH excluding ortho intramolecular Hbond substituents is 1. The molecule has 0 amide bonds. The molecule has 34 heavy (non-hydrogen) atoms. The van der Waals surface area contributed by atoms with Crippen LogP contribution < -0.4 is 4.90 Å². The average molecular weight is 469 g/mol. The fraction of sp³-hybridized carbons (Fsp3) is 0.536. The summed E-state index contributed by atoms with van der Waals surface area (Å²) in [4.78, 5) is 26.0. The van der Waals surface area contributed by atoms with E-state index in [0.717, 1.165) is 31.9 Å². The molecule has 0 unspecified atom stereocenters. The van der Waals surface area contributed by atoms with Gasteiger partial charge in [-0.05, 0) is 92.8 Å². The predicted molar refractivity (Wildman–Crippen MR) is 147 cm³/mol. The van der Waals surface area contributed by atoms with Crippen molar-refractivity contribution in [1.82, 2.24) is 4.90 Å². The Kier molecular flexibility index (Phi) is 11.2. The summed E-state index contributed by atoms with van der Waals surface area (Å²) in [6.45, 7) is 21.5. The van der Waals surface area contributed by atoms with E-state index in [4.69, 9.17) is 9.98 Å². The van der Waals surface area contributed by atoms with Crippen LogP contribution in [-0.2, 0) is 4.79 Å². The number of phenols is 1. The van der Waals surface area contributed by atoms with Crippen molar-refractivity contribution in [1.29, 1.82) is 0 Å². The molecule has 1 rings (SSSR count). The third kappa shape index (κ3) is 8.15. The Hall–Kier alpha value is -2.89. The number of carbonyl (C=O) groups excluding carboxylic acids is 1. The summed E-state index contributed by atoms with van der Waals surface area (Å²) in [7, 11) is 0. The topological polar surface area (TPSA) is 68.5 Å². The highest BCUT2D eigenvalue weighted by molar-refractivity contribution is 6.12. The van der Waals surface area contributed by atoms with Crippen LogP contribution >= 0.6 is 0 Å². The molecular formula is C28H44N4O2. The fourth-order valence-electron chi connectivity index (χ4n) is 3.16. The lowest BCUT2D eigenvalue weighted by molar-refractivity contribution is -0.113. The molecule has 0 atom stereocenters. The van der Waals surface area contributed by atoms with Crippen molar-refractivity contribution in [3.63, 3.8) is 0 Å². The van der Waals surface area contributed by atoms with Gasteiger partial charge in [0.25, 0.3) is 0 Å². The van der Waals surface area contributed by atoms with Crippen LogP contribution in [0.5, 0.6) is 5.75 Å². The van der Waals surface area contributed by atoms with Crippen LogP contribution in [0, 0.1) is 0 Å². The van der Waals surface area contributed by atoms with Gasteiger partial charge in [0, 0.05) is 61.5 Å². The standard InChI is InChI=1S/C28H44N4O2/c1-10-31(11-2)18-14-15-23(22(5)33)20-29-27(6,7)28(8,9)30-21-24-16-17-25(19-26(24)34)32(12-3)13-4/h14-21,34H,10-13H2,1-9H3. The van der Waals surface area contributed by atoms with Crippen LogP contribution in [0.15, 0.2) is 52.1 Å². The average Bonchev–Trinajstić information content (AvgIpc) is 2.78. The smallest absolute Gasteiger partial charge is 0.161 e. The predicted octanol–water partition coefficient (Wildman–Crippen LogP) is 5.66. The number of benzene rings is 1. The minimum atomic E-state index is -0.586. The molecule has 0 aliphatic rings. The maximum Gasteiger partial charge on any atom is 0.161 e. The van der Waals surface area contributed by atoms with Crippen molar-refractivity contribution >= 4 is 23.9 Å². The van der Waals surface area contributed by atoms with Crippen molar-refractivity contribution in [2.24, 2.45) is 9.98 Å². The van der Waals surface area contributed by atoms with Gasteiger partial charge in [0.2, 0.25) is 0 Å². The number of rotatable bonds is 13. The van der Waals surface area contributed by atoms with Gasteiger partial charge >= 0.3 is 0 Å². The first-order chi connectivity index (χ1) is 15.9. The van der Waals surface area contributed by atoms with Crippen LogP contribution in [0.1, 0.15) is 67.9 Å². The Balaban J connectivity index is 3.10.